The van der Waals surface area contributed by atoms with Gasteiger partial charge >= 0.3 is 6.09 Å². The molecule has 5 nitrogen and oxygen atoms in total. The van der Waals surface area contributed by atoms with Crippen molar-refractivity contribution < 1.29 is 9.53 Å². The molecule has 0 saturated carbocycles. The third-order valence-electron chi connectivity index (χ3n) is 3.41. The van der Waals surface area contributed by atoms with Gasteiger partial charge in [-0.25, -0.2) is 4.79 Å². The number of aromatic nitrogens is 1. The van der Waals surface area contributed by atoms with E-state index in [2.05, 4.69) is 16.8 Å². The summed E-state index contributed by atoms with van der Waals surface area (Å²) in [4.78, 5) is 20.2. The summed E-state index contributed by atoms with van der Waals surface area (Å²) in [6, 6.07) is 3.85. The molecule has 0 unspecified atom stereocenters. The van der Waals surface area contributed by atoms with Crippen LogP contribution < -0.4 is 0 Å². The highest BCUT2D eigenvalue weighted by atomic mass is 16.6. The lowest BCUT2D eigenvalue weighted by Crippen LogP contribution is -2.48. The summed E-state index contributed by atoms with van der Waals surface area (Å²) in [7, 11) is 0. The predicted molar refractivity (Wildman–Crippen MR) is 72.8 cm³/mol. The molecule has 1 saturated heterocycles. The number of aryl methyl sites for hydroxylation is 1. The number of likely N-dealkylation sites (N-methyl/N-ethyl adjacent to an activating group) is 1. The Kier molecular flexibility index (Phi) is 4.74. The monoisotopic (exact) mass is 263 g/mol. The highest BCUT2D eigenvalue weighted by molar-refractivity contribution is 5.67. The van der Waals surface area contributed by atoms with Crippen LogP contribution in [-0.2, 0) is 11.3 Å². The second-order valence-corrected chi connectivity index (χ2v) is 4.78. The van der Waals surface area contributed by atoms with Crippen LogP contribution >= 0.6 is 0 Å². The van der Waals surface area contributed by atoms with Gasteiger partial charge in [0.05, 0.1) is 0 Å². The molecule has 2 heterocycles. The fourth-order valence-electron chi connectivity index (χ4n) is 2.07. The maximum atomic E-state index is 11.9. The average molecular weight is 263 g/mol. The summed E-state index contributed by atoms with van der Waals surface area (Å²) in [6.45, 7) is 8.76. The van der Waals surface area contributed by atoms with Crippen LogP contribution in [-0.4, -0.2) is 53.6 Å². The number of rotatable bonds is 3. The fraction of sp³-hybridized carbons (Fsp3) is 0.571. The standard InChI is InChI=1S/C14H21N3O2/c1-3-16-6-8-17(9-7-16)14(18)19-11-13-5-4-12(2)15-10-13/h4-5,10H,3,6-9,11H2,1-2H3. The van der Waals surface area contributed by atoms with E-state index in [4.69, 9.17) is 4.74 Å². The highest BCUT2D eigenvalue weighted by Crippen LogP contribution is 2.06. The zero-order valence-electron chi connectivity index (χ0n) is 11.6. The SMILES string of the molecule is CCN1CCN(C(=O)OCc2ccc(C)nc2)CC1. The average Bonchev–Trinajstić information content (AvgIpc) is 2.46. The third kappa shape index (κ3) is 3.92. The maximum absolute atomic E-state index is 11.9. The molecule has 0 aromatic carbocycles. The van der Waals surface area contributed by atoms with Gasteiger partial charge in [-0.1, -0.05) is 13.0 Å². The lowest BCUT2D eigenvalue weighted by Gasteiger charge is -2.33. The van der Waals surface area contributed by atoms with Gasteiger partial charge in [-0.05, 0) is 19.5 Å². The number of carbonyl (C=O) groups is 1. The van der Waals surface area contributed by atoms with E-state index in [1.54, 1.807) is 11.1 Å². The van der Waals surface area contributed by atoms with Crippen molar-refractivity contribution in [3.63, 3.8) is 0 Å². The smallest absolute Gasteiger partial charge is 0.410 e. The second-order valence-electron chi connectivity index (χ2n) is 4.78. The van der Waals surface area contributed by atoms with Gasteiger partial charge in [0.2, 0.25) is 0 Å². The first kappa shape index (κ1) is 13.8. The number of amides is 1. The van der Waals surface area contributed by atoms with Crippen molar-refractivity contribution in [1.29, 1.82) is 0 Å². The van der Waals surface area contributed by atoms with E-state index in [1.165, 1.54) is 0 Å². The van der Waals surface area contributed by atoms with E-state index in [9.17, 15) is 4.79 Å². The fourth-order valence-corrected chi connectivity index (χ4v) is 2.07. The molecule has 0 radical (unpaired) electrons. The van der Waals surface area contributed by atoms with Gasteiger partial charge in [0, 0.05) is 43.6 Å². The van der Waals surface area contributed by atoms with E-state index in [1.807, 2.05) is 19.1 Å². The first-order chi connectivity index (χ1) is 9.19. The summed E-state index contributed by atoms with van der Waals surface area (Å²) in [5, 5.41) is 0. The molecule has 5 heteroatoms. The van der Waals surface area contributed by atoms with Crippen LogP contribution in [0.2, 0.25) is 0 Å². The molecule has 0 N–H and O–H groups in total. The Balaban J connectivity index is 1.77. The minimum absolute atomic E-state index is 0.226. The molecule has 1 aliphatic heterocycles. The number of pyridine rings is 1. The van der Waals surface area contributed by atoms with E-state index < -0.39 is 0 Å². The minimum atomic E-state index is -0.226. The number of hydrogen-bond donors (Lipinski definition) is 0. The van der Waals surface area contributed by atoms with Gasteiger partial charge in [-0.2, -0.15) is 0 Å². The number of piperazine rings is 1. The lowest BCUT2D eigenvalue weighted by molar-refractivity contribution is 0.0728. The molecule has 1 aromatic rings. The maximum Gasteiger partial charge on any atom is 0.410 e. The van der Waals surface area contributed by atoms with E-state index in [0.717, 1.165) is 44.0 Å². The summed E-state index contributed by atoms with van der Waals surface area (Å²) < 4.78 is 5.30. The molecular formula is C14H21N3O2. The normalized spacial score (nSPS) is 16.4. The van der Waals surface area contributed by atoms with Gasteiger partial charge in [0.1, 0.15) is 6.61 Å². The second kappa shape index (κ2) is 6.52. The van der Waals surface area contributed by atoms with Gasteiger partial charge in [0.25, 0.3) is 0 Å². The molecule has 0 aliphatic carbocycles. The van der Waals surface area contributed by atoms with Crippen LogP contribution in [0, 0.1) is 6.92 Å². The predicted octanol–water partition coefficient (Wildman–Crippen LogP) is 1.66. The molecule has 1 aromatic heterocycles. The molecule has 0 atom stereocenters. The Bertz CT molecular complexity index is 411. The zero-order valence-corrected chi connectivity index (χ0v) is 11.6. The van der Waals surface area contributed by atoms with Crippen molar-refractivity contribution >= 4 is 6.09 Å². The van der Waals surface area contributed by atoms with E-state index in [-0.39, 0.29) is 6.09 Å². The van der Waals surface area contributed by atoms with Crippen LogP contribution in [0.4, 0.5) is 4.79 Å². The van der Waals surface area contributed by atoms with Crippen LogP contribution in [0.5, 0.6) is 0 Å². The topological polar surface area (TPSA) is 45.7 Å². The Morgan fingerprint density at radius 1 is 1.32 bits per heavy atom. The van der Waals surface area contributed by atoms with E-state index >= 15 is 0 Å². The Hall–Kier alpha value is -1.62. The third-order valence-corrected chi connectivity index (χ3v) is 3.41. The zero-order chi connectivity index (χ0) is 13.7. The van der Waals surface area contributed by atoms with Gasteiger partial charge < -0.3 is 14.5 Å². The summed E-state index contributed by atoms with van der Waals surface area (Å²) >= 11 is 0. The van der Waals surface area contributed by atoms with Crippen molar-refractivity contribution in [3.05, 3.63) is 29.6 Å². The lowest BCUT2D eigenvalue weighted by atomic mass is 10.3. The first-order valence-corrected chi connectivity index (χ1v) is 6.74. The van der Waals surface area contributed by atoms with Crippen LogP contribution in [0.25, 0.3) is 0 Å². The Morgan fingerprint density at radius 2 is 2.05 bits per heavy atom. The van der Waals surface area contributed by atoms with Crippen LogP contribution in [0.1, 0.15) is 18.2 Å². The number of ether oxygens (including phenoxy) is 1. The van der Waals surface area contributed by atoms with Crippen molar-refractivity contribution in [3.8, 4) is 0 Å². The van der Waals surface area contributed by atoms with Crippen molar-refractivity contribution in [2.24, 2.45) is 0 Å². The summed E-state index contributed by atoms with van der Waals surface area (Å²) in [6.07, 6.45) is 1.52. The van der Waals surface area contributed by atoms with Crippen LogP contribution in [0.3, 0.4) is 0 Å². The van der Waals surface area contributed by atoms with Crippen molar-refractivity contribution in [2.45, 2.75) is 20.5 Å². The quantitative estimate of drug-likeness (QED) is 0.832. The van der Waals surface area contributed by atoms with Crippen LogP contribution in [0.15, 0.2) is 18.3 Å². The van der Waals surface area contributed by atoms with Gasteiger partial charge in [0.15, 0.2) is 0 Å². The number of hydrogen-bond acceptors (Lipinski definition) is 4. The summed E-state index contributed by atoms with van der Waals surface area (Å²) in [5.41, 5.74) is 1.89. The van der Waals surface area contributed by atoms with E-state index in [0.29, 0.717) is 6.61 Å². The molecule has 2 rings (SSSR count). The van der Waals surface area contributed by atoms with Gasteiger partial charge in [-0.3, -0.25) is 4.98 Å². The van der Waals surface area contributed by atoms with Crippen molar-refractivity contribution in [2.75, 3.05) is 32.7 Å². The molecule has 1 amide bonds. The molecule has 104 valence electrons. The Labute approximate surface area is 114 Å². The number of carbonyl (C=O) groups excluding carboxylic acids is 1. The van der Waals surface area contributed by atoms with Gasteiger partial charge in [-0.15, -0.1) is 0 Å². The highest BCUT2D eigenvalue weighted by Gasteiger charge is 2.21. The minimum Gasteiger partial charge on any atom is -0.444 e. The Morgan fingerprint density at radius 3 is 2.63 bits per heavy atom. The molecule has 19 heavy (non-hydrogen) atoms. The van der Waals surface area contributed by atoms with Crippen molar-refractivity contribution in [1.82, 2.24) is 14.8 Å². The molecule has 0 bridgehead atoms. The number of nitrogens with zero attached hydrogens (tertiary/aromatic N) is 3. The molecule has 1 aliphatic rings. The first-order valence-electron chi connectivity index (χ1n) is 6.74. The summed E-state index contributed by atoms with van der Waals surface area (Å²) in [5.74, 6) is 0. The molecular weight excluding hydrogens is 242 g/mol. The molecule has 0 spiro atoms. The molecule has 1 fully saturated rings. The largest absolute Gasteiger partial charge is 0.444 e.